The second-order valence-corrected chi connectivity index (χ2v) is 8.13. The number of benzene rings is 1. The van der Waals surface area contributed by atoms with E-state index in [1.165, 1.54) is 19.3 Å². The Morgan fingerprint density at radius 2 is 1.81 bits per heavy atom. The van der Waals surface area contributed by atoms with Gasteiger partial charge in [-0.1, -0.05) is 37.5 Å². The molecule has 1 saturated heterocycles. The summed E-state index contributed by atoms with van der Waals surface area (Å²) in [5, 5.41) is 24.6. The molecule has 3 N–H and O–H groups in total. The van der Waals surface area contributed by atoms with Crippen molar-refractivity contribution < 1.29 is 19.8 Å². The third kappa shape index (κ3) is 5.23. The molecule has 1 aliphatic heterocycles. The van der Waals surface area contributed by atoms with Gasteiger partial charge in [0, 0.05) is 30.8 Å². The van der Waals surface area contributed by atoms with E-state index < -0.39 is 6.09 Å². The van der Waals surface area contributed by atoms with Crippen molar-refractivity contribution in [1.29, 1.82) is 0 Å². The predicted molar refractivity (Wildman–Crippen MR) is 120 cm³/mol. The van der Waals surface area contributed by atoms with E-state index in [-0.39, 0.29) is 24.4 Å². The molecule has 0 radical (unpaired) electrons. The van der Waals surface area contributed by atoms with Crippen molar-refractivity contribution >= 4 is 23.6 Å². The molecule has 2 aliphatic rings. The highest BCUT2D eigenvalue weighted by molar-refractivity contribution is 5.94. The molecule has 3 aromatic rings. The minimum atomic E-state index is -1.23. The summed E-state index contributed by atoms with van der Waals surface area (Å²) in [6, 6.07) is 12.6. The number of carbonyl (C=O) groups excluding carboxylic acids is 1. The number of pyridine rings is 1. The summed E-state index contributed by atoms with van der Waals surface area (Å²) in [4.78, 5) is 29.5. The molecule has 5 rings (SSSR count). The third-order valence-corrected chi connectivity index (χ3v) is 5.42. The number of anilines is 1. The Balaban J connectivity index is 0.000000754. The van der Waals surface area contributed by atoms with E-state index in [1.807, 2.05) is 24.3 Å². The molecule has 1 atom stereocenters. The van der Waals surface area contributed by atoms with E-state index in [0.717, 1.165) is 24.1 Å². The van der Waals surface area contributed by atoms with Gasteiger partial charge in [-0.05, 0) is 43.0 Å². The normalized spacial score (nSPS) is 17.4. The minimum absolute atomic E-state index is 0.000263. The third-order valence-electron chi connectivity index (χ3n) is 5.42. The predicted octanol–water partition coefficient (Wildman–Crippen LogP) is 3.50. The molecule has 1 unspecified atom stereocenters. The summed E-state index contributed by atoms with van der Waals surface area (Å²) in [6.07, 6.45) is 5.11. The molecule has 32 heavy (non-hydrogen) atoms. The van der Waals surface area contributed by atoms with E-state index >= 15 is 0 Å². The number of hydrogen-bond donors (Lipinski definition) is 3. The van der Waals surface area contributed by atoms with Crippen molar-refractivity contribution in [1.82, 2.24) is 19.5 Å². The Bertz CT molecular complexity index is 1090. The van der Waals surface area contributed by atoms with Crippen LogP contribution in [-0.4, -0.2) is 61.4 Å². The first-order valence-corrected chi connectivity index (χ1v) is 10.9. The molecule has 168 valence electrons. The lowest BCUT2D eigenvalue weighted by Crippen LogP contribution is -2.40. The fourth-order valence-corrected chi connectivity index (χ4v) is 3.64. The average molecular weight is 438 g/mol. The summed E-state index contributed by atoms with van der Waals surface area (Å²) in [5.41, 5.74) is 2.65. The maximum Gasteiger partial charge on any atom is 0.411 e. The first-order chi connectivity index (χ1) is 15.5. The second-order valence-electron chi connectivity index (χ2n) is 8.13. The molecule has 2 aromatic heterocycles. The van der Waals surface area contributed by atoms with Gasteiger partial charge in [-0.25, -0.2) is 9.31 Å². The van der Waals surface area contributed by atoms with Crippen LogP contribution in [0.2, 0.25) is 0 Å². The lowest BCUT2D eigenvalue weighted by molar-refractivity contribution is 0.0620. The molecule has 1 aromatic carbocycles. The highest BCUT2D eigenvalue weighted by atomic mass is 16.4. The molecule has 1 aliphatic carbocycles. The van der Waals surface area contributed by atoms with E-state index in [0.29, 0.717) is 24.3 Å². The number of carboxylic acid groups (broad SMARTS) is 1. The summed E-state index contributed by atoms with van der Waals surface area (Å²) in [7, 11) is 0. The number of likely N-dealkylation sites (tertiary alicyclic amines) is 1. The molecule has 3 heterocycles. The maximum absolute atomic E-state index is 12.8. The van der Waals surface area contributed by atoms with Gasteiger partial charge in [0.2, 0.25) is 0 Å². The SMILES string of the molecule is C1CC1.O=C(O)Nc1nc2cccc(-c3ccc(C(=O)N4CCCC(CO)C4)cc3)n2n1. The van der Waals surface area contributed by atoms with Gasteiger partial charge in [-0.3, -0.25) is 10.1 Å². The molecule has 0 bridgehead atoms. The number of piperidine rings is 1. The number of nitrogens with zero attached hydrogens (tertiary/aromatic N) is 4. The van der Waals surface area contributed by atoms with E-state index in [4.69, 9.17) is 5.11 Å². The van der Waals surface area contributed by atoms with Gasteiger partial charge in [0.25, 0.3) is 11.9 Å². The Labute approximate surface area is 185 Å². The van der Waals surface area contributed by atoms with Crippen LogP contribution in [0.5, 0.6) is 0 Å². The van der Waals surface area contributed by atoms with Gasteiger partial charge in [0.1, 0.15) is 0 Å². The molecular weight excluding hydrogens is 410 g/mol. The zero-order chi connectivity index (χ0) is 22.5. The van der Waals surface area contributed by atoms with Gasteiger partial charge in [-0.15, -0.1) is 5.10 Å². The average Bonchev–Trinajstić information content (AvgIpc) is 3.64. The van der Waals surface area contributed by atoms with Gasteiger partial charge in [0.05, 0.1) is 5.69 Å². The number of hydrogen-bond acceptors (Lipinski definition) is 5. The summed E-state index contributed by atoms with van der Waals surface area (Å²) < 4.78 is 1.55. The maximum atomic E-state index is 12.8. The highest BCUT2D eigenvalue weighted by Gasteiger charge is 2.24. The first-order valence-electron chi connectivity index (χ1n) is 10.9. The number of aliphatic hydroxyl groups excluding tert-OH is 1. The van der Waals surface area contributed by atoms with Crippen molar-refractivity contribution in [2.45, 2.75) is 32.1 Å². The van der Waals surface area contributed by atoms with Crippen LogP contribution in [-0.2, 0) is 0 Å². The Morgan fingerprint density at radius 1 is 1.06 bits per heavy atom. The molecule has 9 heteroatoms. The van der Waals surface area contributed by atoms with E-state index in [9.17, 15) is 14.7 Å². The molecule has 2 amide bonds. The molecule has 9 nitrogen and oxygen atoms in total. The second kappa shape index (κ2) is 9.78. The summed E-state index contributed by atoms with van der Waals surface area (Å²) >= 11 is 0. The van der Waals surface area contributed by atoms with Gasteiger partial charge in [0.15, 0.2) is 5.65 Å². The van der Waals surface area contributed by atoms with Crippen molar-refractivity contribution in [3.63, 3.8) is 0 Å². The first kappa shape index (κ1) is 21.8. The van der Waals surface area contributed by atoms with Crippen LogP contribution in [0, 0.1) is 5.92 Å². The number of aromatic nitrogens is 3. The summed E-state index contributed by atoms with van der Waals surface area (Å²) in [5.74, 6) is 0.104. The smallest absolute Gasteiger partial charge is 0.411 e. The topological polar surface area (TPSA) is 120 Å². The van der Waals surface area contributed by atoms with Crippen molar-refractivity contribution in [3.8, 4) is 11.3 Å². The van der Waals surface area contributed by atoms with Crippen molar-refractivity contribution in [2.24, 2.45) is 5.92 Å². The van der Waals surface area contributed by atoms with Crippen LogP contribution in [0.15, 0.2) is 42.5 Å². The van der Waals surface area contributed by atoms with Crippen LogP contribution in [0.3, 0.4) is 0 Å². The Kier molecular flexibility index (Phi) is 6.65. The van der Waals surface area contributed by atoms with Crippen molar-refractivity contribution in [3.05, 3.63) is 48.0 Å². The lowest BCUT2D eigenvalue weighted by Gasteiger charge is -2.31. The molecule has 0 spiro atoms. The standard InChI is InChI=1S/C20H21N5O4.C3H6/c26-12-13-3-2-10-24(11-13)18(27)15-8-6-14(7-9-15)16-4-1-5-17-21-19(22-20(28)29)23-25(16)17;1-2-3-1/h1,4-9,13,26H,2-3,10-12H2,(H,22,23)(H,28,29);1-3H2. The molecular formula is C23H27N5O4. The number of amides is 2. The number of nitrogens with one attached hydrogen (secondary N) is 1. The fourth-order valence-electron chi connectivity index (χ4n) is 3.64. The quantitative estimate of drug-likeness (QED) is 0.575. The number of aliphatic hydroxyl groups is 1. The Morgan fingerprint density at radius 3 is 2.47 bits per heavy atom. The van der Waals surface area contributed by atoms with Crippen LogP contribution in [0.4, 0.5) is 10.7 Å². The number of fused-ring (bicyclic) bond motifs is 1. The fraction of sp³-hybridized carbons (Fsp3) is 0.391. The van der Waals surface area contributed by atoms with E-state index in [2.05, 4.69) is 15.4 Å². The number of rotatable bonds is 4. The monoisotopic (exact) mass is 437 g/mol. The largest absolute Gasteiger partial charge is 0.465 e. The van der Waals surface area contributed by atoms with E-state index in [1.54, 1.807) is 27.6 Å². The van der Waals surface area contributed by atoms with Crippen molar-refractivity contribution in [2.75, 3.05) is 25.0 Å². The van der Waals surface area contributed by atoms with Crippen LogP contribution in [0.1, 0.15) is 42.5 Å². The number of carbonyl (C=O) groups is 2. The lowest BCUT2D eigenvalue weighted by atomic mass is 9.98. The minimum Gasteiger partial charge on any atom is -0.465 e. The summed E-state index contributed by atoms with van der Waals surface area (Å²) in [6.45, 7) is 1.38. The zero-order valence-corrected chi connectivity index (χ0v) is 17.8. The molecule has 1 saturated carbocycles. The highest BCUT2D eigenvalue weighted by Crippen LogP contribution is 2.23. The van der Waals surface area contributed by atoms with Gasteiger partial charge >= 0.3 is 6.09 Å². The van der Waals surface area contributed by atoms with Crippen LogP contribution >= 0.6 is 0 Å². The van der Waals surface area contributed by atoms with Crippen LogP contribution in [0.25, 0.3) is 16.9 Å². The van der Waals surface area contributed by atoms with Gasteiger partial charge < -0.3 is 15.1 Å². The zero-order valence-electron chi connectivity index (χ0n) is 17.8. The van der Waals surface area contributed by atoms with Gasteiger partial charge in [-0.2, -0.15) is 4.98 Å². The Hall–Kier alpha value is -3.46. The molecule has 2 fully saturated rings. The van der Waals surface area contributed by atoms with Crippen LogP contribution < -0.4 is 5.32 Å².